The molecular formula is C14H28N2O. The Kier molecular flexibility index (Phi) is 4.45. The van der Waals surface area contributed by atoms with Crippen molar-refractivity contribution >= 4 is 0 Å². The van der Waals surface area contributed by atoms with E-state index in [2.05, 4.69) is 12.2 Å². The molecule has 2 aliphatic rings. The molecule has 0 amide bonds. The molecule has 1 aliphatic heterocycles. The third kappa shape index (κ3) is 3.94. The van der Waals surface area contributed by atoms with Crippen molar-refractivity contribution in [1.82, 2.24) is 5.32 Å². The maximum absolute atomic E-state index is 6.38. The Morgan fingerprint density at radius 2 is 1.65 bits per heavy atom. The lowest BCUT2D eigenvalue weighted by Gasteiger charge is -2.37. The molecule has 2 fully saturated rings. The van der Waals surface area contributed by atoms with Gasteiger partial charge in [-0.1, -0.05) is 26.2 Å². The highest BCUT2D eigenvalue weighted by atomic mass is 16.5. The summed E-state index contributed by atoms with van der Waals surface area (Å²) >= 11 is 0. The van der Waals surface area contributed by atoms with E-state index in [1.54, 1.807) is 0 Å². The van der Waals surface area contributed by atoms with Crippen LogP contribution in [0, 0.1) is 5.41 Å². The van der Waals surface area contributed by atoms with Gasteiger partial charge in [0.15, 0.2) is 0 Å². The quantitative estimate of drug-likeness (QED) is 0.790. The summed E-state index contributed by atoms with van der Waals surface area (Å²) < 4.78 is 5.37. The first kappa shape index (κ1) is 13.3. The zero-order valence-electron chi connectivity index (χ0n) is 11.3. The highest BCUT2D eigenvalue weighted by molar-refractivity contribution is 4.90. The van der Waals surface area contributed by atoms with Crippen LogP contribution in [0.4, 0.5) is 0 Å². The van der Waals surface area contributed by atoms with Gasteiger partial charge in [0.1, 0.15) is 0 Å². The zero-order chi connectivity index (χ0) is 12.2. The van der Waals surface area contributed by atoms with Crippen molar-refractivity contribution in [2.75, 3.05) is 26.3 Å². The van der Waals surface area contributed by atoms with Crippen LogP contribution in [-0.4, -0.2) is 31.8 Å². The Hall–Kier alpha value is -0.120. The van der Waals surface area contributed by atoms with Gasteiger partial charge in [0.25, 0.3) is 0 Å². The molecule has 17 heavy (non-hydrogen) atoms. The molecule has 1 aliphatic carbocycles. The van der Waals surface area contributed by atoms with Gasteiger partial charge in [-0.25, -0.2) is 0 Å². The molecule has 100 valence electrons. The molecule has 0 atom stereocenters. The molecule has 3 nitrogen and oxygen atoms in total. The van der Waals surface area contributed by atoms with Crippen molar-refractivity contribution in [2.45, 2.75) is 57.4 Å². The third-order valence-corrected chi connectivity index (χ3v) is 4.58. The van der Waals surface area contributed by atoms with Crippen LogP contribution in [0.5, 0.6) is 0 Å². The van der Waals surface area contributed by atoms with Crippen molar-refractivity contribution in [3.63, 3.8) is 0 Å². The van der Waals surface area contributed by atoms with Gasteiger partial charge in [0, 0.05) is 31.8 Å². The molecule has 0 aromatic heterocycles. The van der Waals surface area contributed by atoms with Gasteiger partial charge < -0.3 is 15.8 Å². The highest BCUT2D eigenvalue weighted by Gasteiger charge is 2.30. The number of nitrogens with two attached hydrogens (primary N) is 1. The van der Waals surface area contributed by atoms with Crippen molar-refractivity contribution in [1.29, 1.82) is 0 Å². The minimum absolute atomic E-state index is 0.0245. The van der Waals surface area contributed by atoms with E-state index >= 15 is 0 Å². The summed E-state index contributed by atoms with van der Waals surface area (Å²) in [5, 5.41) is 3.63. The number of hydrogen-bond acceptors (Lipinski definition) is 3. The second-order valence-electron chi connectivity index (χ2n) is 6.45. The first-order valence-corrected chi connectivity index (χ1v) is 7.19. The molecule has 0 aromatic rings. The summed E-state index contributed by atoms with van der Waals surface area (Å²) in [7, 11) is 0. The molecule has 0 aromatic carbocycles. The Morgan fingerprint density at radius 1 is 1.00 bits per heavy atom. The zero-order valence-corrected chi connectivity index (χ0v) is 11.3. The standard InChI is InChI=1S/C14H28N2O/c1-13(5-3-2-4-6-13)11-16-12-14(15)7-9-17-10-8-14/h16H,2-12,15H2,1H3. The van der Waals surface area contributed by atoms with Gasteiger partial charge in [-0.3, -0.25) is 0 Å². The summed E-state index contributed by atoms with van der Waals surface area (Å²) in [4.78, 5) is 0. The predicted octanol–water partition coefficient (Wildman–Crippen LogP) is 2.05. The summed E-state index contributed by atoms with van der Waals surface area (Å²) in [6.45, 7) is 6.16. The van der Waals surface area contributed by atoms with Crippen molar-refractivity contribution in [3.8, 4) is 0 Å². The largest absolute Gasteiger partial charge is 0.381 e. The fraction of sp³-hybridized carbons (Fsp3) is 1.00. The van der Waals surface area contributed by atoms with Gasteiger partial charge in [0.05, 0.1) is 0 Å². The Bertz CT molecular complexity index is 206. The molecule has 0 unspecified atom stereocenters. The number of nitrogens with one attached hydrogen (secondary N) is 1. The molecule has 3 heteroatoms. The monoisotopic (exact) mass is 240 g/mol. The minimum Gasteiger partial charge on any atom is -0.381 e. The lowest BCUT2D eigenvalue weighted by atomic mass is 9.75. The van der Waals surface area contributed by atoms with E-state index in [9.17, 15) is 0 Å². The molecule has 1 heterocycles. The summed E-state index contributed by atoms with van der Waals surface area (Å²) in [5.74, 6) is 0. The smallest absolute Gasteiger partial charge is 0.0484 e. The van der Waals surface area contributed by atoms with Gasteiger partial charge in [-0.05, 0) is 31.1 Å². The summed E-state index contributed by atoms with van der Waals surface area (Å²) in [5.41, 5.74) is 6.86. The van der Waals surface area contributed by atoms with Crippen LogP contribution in [0.15, 0.2) is 0 Å². The maximum Gasteiger partial charge on any atom is 0.0484 e. The summed E-state index contributed by atoms with van der Waals surface area (Å²) in [6.07, 6.45) is 8.97. The Morgan fingerprint density at radius 3 is 2.29 bits per heavy atom. The van der Waals surface area contributed by atoms with E-state index in [0.29, 0.717) is 5.41 Å². The first-order valence-electron chi connectivity index (χ1n) is 7.19. The molecule has 3 N–H and O–H groups in total. The Labute approximate surface area is 105 Å². The fourth-order valence-electron chi connectivity index (χ4n) is 3.15. The van der Waals surface area contributed by atoms with E-state index in [1.807, 2.05) is 0 Å². The predicted molar refractivity (Wildman–Crippen MR) is 71.0 cm³/mol. The van der Waals surface area contributed by atoms with Crippen LogP contribution < -0.4 is 11.1 Å². The van der Waals surface area contributed by atoms with E-state index < -0.39 is 0 Å². The molecule has 1 saturated heterocycles. The van der Waals surface area contributed by atoms with Gasteiger partial charge in [-0.2, -0.15) is 0 Å². The normalized spacial score (nSPS) is 27.9. The van der Waals surface area contributed by atoms with Crippen LogP contribution >= 0.6 is 0 Å². The topological polar surface area (TPSA) is 47.3 Å². The van der Waals surface area contributed by atoms with Crippen LogP contribution in [-0.2, 0) is 4.74 Å². The molecule has 2 rings (SSSR count). The van der Waals surface area contributed by atoms with Gasteiger partial charge in [0.2, 0.25) is 0 Å². The van der Waals surface area contributed by atoms with E-state index in [1.165, 1.54) is 32.1 Å². The average Bonchev–Trinajstić information content (AvgIpc) is 2.30. The fourth-order valence-corrected chi connectivity index (χ4v) is 3.15. The van der Waals surface area contributed by atoms with E-state index in [-0.39, 0.29) is 5.54 Å². The summed E-state index contributed by atoms with van der Waals surface area (Å²) in [6, 6.07) is 0. The highest BCUT2D eigenvalue weighted by Crippen LogP contribution is 2.35. The third-order valence-electron chi connectivity index (χ3n) is 4.58. The van der Waals surface area contributed by atoms with E-state index in [4.69, 9.17) is 10.5 Å². The van der Waals surface area contributed by atoms with Gasteiger partial charge >= 0.3 is 0 Å². The van der Waals surface area contributed by atoms with Crippen LogP contribution in [0.3, 0.4) is 0 Å². The second kappa shape index (κ2) is 5.68. The molecule has 0 spiro atoms. The molecule has 1 saturated carbocycles. The SMILES string of the molecule is CC1(CNCC2(N)CCOCC2)CCCCC1. The molecular weight excluding hydrogens is 212 g/mol. The molecule has 0 bridgehead atoms. The first-order chi connectivity index (χ1) is 8.12. The van der Waals surface area contributed by atoms with Crippen LogP contribution in [0.1, 0.15) is 51.9 Å². The molecule has 0 radical (unpaired) electrons. The number of rotatable bonds is 4. The Balaban J connectivity index is 1.70. The number of ether oxygens (including phenoxy) is 1. The van der Waals surface area contributed by atoms with Crippen molar-refractivity contribution < 1.29 is 4.74 Å². The van der Waals surface area contributed by atoms with E-state index in [0.717, 1.165) is 39.1 Å². The lowest BCUT2D eigenvalue weighted by Crippen LogP contribution is -2.53. The van der Waals surface area contributed by atoms with Crippen LogP contribution in [0.25, 0.3) is 0 Å². The maximum atomic E-state index is 6.38. The number of hydrogen-bond donors (Lipinski definition) is 2. The van der Waals surface area contributed by atoms with Crippen molar-refractivity contribution in [2.24, 2.45) is 11.1 Å². The average molecular weight is 240 g/mol. The van der Waals surface area contributed by atoms with Crippen molar-refractivity contribution in [3.05, 3.63) is 0 Å². The van der Waals surface area contributed by atoms with Gasteiger partial charge in [-0.15, -0.1) is 0 Å². The minimum atomic E-state index is -0.0245. The van der Waals surface area contributed by atoms with Crippen LogP contribution in [0.2, 0.25) is 0 Å². The second-order valence-corrected chi connectivity index (χ2v) is 6.45. The lowest BCUT2D eigenvalue weighted by molar-refractivity contribution is 0.0516.